The summed E-state index contributed by atoms with van der Waals surface area (Å²) in [6, 6.07) is 0. The van der Waals surface area contributed by atoms with Crippen molar-refractivity contribution in [2.45, 2.75) is 40.5 Å². The average molecular weight is 181 g/mol. The highest BCUT2D eigenvalue weighted by Gasteiger charge is 2.15. The Kier molecular flexibility index (Phi) is 7.83. The summed E-state index contributed by atoms with van der Waals surface area (Å²) in [6.45, 7) is 11.9. The molecule has 0 saturated carbocycles. The van der Waals surface area contributed by atoms with Gasteiger partial charge in [-0.05, 0) is 39.4 Å². The van der Waals surface area contributed by atoms with Crippen LogP contribution in [-0.4, -0.2) is 24.5 Å². The molecule has 1 heterocycles. The van der Waals surface area contributed by atoms with Crippen LogP contribution in [0.25, 0.3) is 0 Å². The van der Waals surface area contributed by atoms with Crippen LogP contribution in [-0.2, 0) is 0 Å². The molecular weight excluding hydrogens is 158 g/mol. The standard InChI is InChI=1S/C10H17N.C2H6/c1-3-5-10-6-8-11(4-2)9-7-10;1-2/h10H,4,6-9H2,1-2H3;1-2H3. The summed E-state index contributed by atoms with van der Waals surface area (Å²) in [5.41, 5.74) is 0. The molecular formula is C12H23N. The molecule has 1 heteroatoms. The van der Waals surface area contributed by atoms with Crippen LogP contribution in [0.15, 0.2) is 0 Å². The van der Waals surface area contributed by atoms with E-state index in [1.165, 1.54) is 32.5 Å². The Bertz CT molecular complexity index is 156. The van der Waals surface area contributed by atoms with Crippen LogP contribution >= 0.6 is 0 Å². The van der Waals surface area contributed by atoms with Gasteiger partial charge in [0.2, 0.25) is 0 Å². The molecule has 0 amide bonds. The van der Waals surface area contributed by atoms with E-state index < -0.39 is 0 Å². The highest BCUT2D eigenvalue weighted by molar-refractivity contribution is 5.02. The Morgan fingerprint density at radius 3 is 2.15 bits per heavy atom. The number of hydrogen-bond donors (Lipinski definition) is 0. The van der Waals surface area contributed by atoms with Gasteiger partial charge in [0, 0.05) is 5.92 Å². The topological polar surface area (TPSA) is 3.24 Å². The lowest BCUT2D eigenvalue weighted by Gasteiger charge is -2.28. The molecule has 0 aliphatic carbocycles. The van der Waals surface area contributed by atoms with E-state index in [2.05, 4.69) is 23.7 Å². The van der Waals surface area contributed by atoms with E-state index in [0.29, 0.717) is 5.92 Å². The number of hydrogen-bond acceptors (Lipinski definition) is 1. The summed E-state index contributed by atoms with van der Waals surface area (Å²) in [7, 11) is 0. The molecule has 0 spiro atoms. The third kappa shape index (κ3) is 4.95. The van der Waals surface area contributed by atoms with Crippen LogP contribution in [0.1, 0.15) is 40.5 Å². The first kappa shape index (κ1) is 12.5. The third-order valence-electron chi connectivity index (χ3n) is 2.38. The number of nitrogens with zero attached hydrogens (tertiary/aromatic N) is 1. The molecule has 1 rings (SSSR count). The van der Waals surface area contributed by atoms with Gasteiger partial charge in [-0.2, -0.15) is 0 Å². The molecule has 0 bridgehead atoms. The first-order valence-corrected chi connectivity index (χ1v) is 5.51. The molecule has 0 aromatic carbocycles. The number of piperidine rings is 1. The van der Waals surface area contributed by atoms with E-state index >= 15 is 0 Å². The van der Waals surface area contributed by atoms with Gasteiger partial charge in [0.25, 0.3) is 0 Å². The molecule has 76 valence electrons. The SMILES string of the molecule is CC.CC#CC1CCN(CC)CC1. The lowest BCUT2D eigenvalue weighted by Crippen LogP contribution is -2.32. The maximum absolute atomic E-state index is 3.25. The largest absolute Gasteiger partial charge is 0.304 e. The van der Waals surface area contributed by atoms with Gasteiger partial charge in [-0.1, -0.05) is 20.8 Å². The Balaban J connectivity index is 0.000000671. The quantitative estimate of drug-likeness (QED) is 0.562. The molecule has 1 nitrogen and oxygen atoms in total. The van der Waals surface area contributed by atoms with Crippen molar-refractivity contribution in [3.8, 4) is 11.8 Å². The van der Waals surface area contributed by atoms with E-state index in [1.54, 1.807) is 0 Å². The van der Waals surface area contributed by atoms with Gasteiger partial charge >= 0.3 is 0 Å². The van der Waals surface area contributed by atoms with Crippen LogP contribution in [0, 0.1) is 17.8 Å². The van der Waals surface area contributed by atoms with E-state index in [-0.39, 0.29) is 0 Å². The first-order valence-electron chi connectivity index (χ1n) is 5.51. The lowest BCUT2D eigenvalue weighted by molar-refractivity contribution is 0.216. The highest BCUT2D eigenvalue weighted by Crippen LogP contribution is 2.15. The fourth-order valence-corrected chi connectivity index (χ4v) is 1.60. The van der Waals surface area contributed by atoms with Crippen LogP contribution in [0.5, 0.6) is 0 Å². The molecule has 1 aliphatic rings. The van der Waals surface area contributed by atoms with Crippen molar-refractivity contribution in [1.82, 2.24) is 4.90 Å². The van der Waals surface area contributed by atoms with Crippen molar-refractivity contribution < 1.29 is 0 Å². The van der Waals surface area contributed by atoms with E-state index in [9.17, 15) is 0 Å². The van der Waals surface area contributed by atoms with Gasteiger partial charge in [0.15, 0.2) is 0 Å². The van der Waals surface area contributed by atoms with Crippen molar-refractivity contribution in [2.75, 3.05) is 19.6 Å². The van der Waals surface area contributed by atoms with Crippen molar-refractivity contribution in [1.29, 1.82) is 0 Å². The Morgan fingerprint density at radius 1 is 1.23 bits per heavy atom. The van der Waals surface area contributed by atoms with Gasteiger partial charge in [-0.3, -0.25) is 0 Å². The summed E-state index contributed by atoms with van der Waals surface area (Å²) in [6.07, 6.45) is 2.54. The van der Waals surface area contributed by atoms with Crippen molar-refractivity contribution in [2.24, 2.45) is 5.92 Å². The maximum atomic E-state index is 3.25. The molecule has 0 aromatic rings. The summed E-state index contributed by atoms with van der Waals surface area (Å²) in [5.74, 6) is 6.94. The van der Waals surface area contributed by atoms with E-state index in [4.69, 9.17) is 0 Å². The molecule has 0 N–H and O–H groups in total. The van der Waals surface area contributed by atoms with Gasteiger partial charge < -0.3 is 4.90 Å². The molecule has 0 radical (unpaired) electrons. The minimum absolute atomic E-state index is 0.683. The van der Waals surface area contributed by atoms with Crippen molar-refractivity contribution in [3.05, 3.63) is 0 Å². The minimum Gasteiger partial charge on any atom is -0.304 e. The van der Waals surface area contributed by atoms with Crippen LogP contribution in [0.3, 0.4) is 0 Å². The number of likely N-dealkylation sites (tertiary alicyclic amines) is 1. The smallest absolute Gasteiger partial charge is 0.0227 e. The third-order valence-corrected chi connectivity index (χ3v) is 2.38. The molecule has 13 heavy (non-hydrogen) atoms. The predicted molar refractivity (Wildman–Crippen MR) is 59.6 cm³/mol. The zero-order valence-corrected chi connectivity index (χ0v) is 9.56. The van der Waals surface area contributed by atoms with Gasteiger partial charge in [0.1, 0.15) is 0 Å². The molecule has 0 aromatic heterocycles. The van der Waals surface area contributed by atoms with Crippen LogP contribution in [0.4, 0.5) is 0 Å². The summed E-state index contributed by atoms with van der Waals surface area (Å²) >= 11 is 0. The Hall–Kier alpha value is -0.480. The van der Waals surface area contributed by atoms with Crippen LogP contribution in [0.2, 0.25) is 0 Å². The predicted octanol–water partition coefficient (Wildman–Crippen LogP) is 2.77. The van der Waals surface area contributed by atoms with Crippen LogP contribution < -0.4 is 0 Å². The van der Waals surface area contributed by atoms with Gasteiger partial charge in [-0.25, -0.2) is 0 Å². The lowest BCUT2D eigenvalue weighted by atomic mass is 9.98. The zero-order chi connectivity index (χ0) is 10.1. The van der Waals surface area contributed by atoms with Gasteiger partial charge in [-0.15, -0.1) is 11.8 Å². The molecule has 1 saturated heterocycles. The summed E-state index contributed by atoms with van der Waals surface area (Å²) < 4.78 is 0. The summed E-state index contributed by atoms with van der Waals surface area (Å²) in [4.78, 5) is 2.49. The second-order valence-corrected chi connectivity index (χ2v) is 3.10. The summed E-state index contributed by atoms with van der Waals surface area (Å²) in [5, 5.41) is 0. The Labute approximate surface area is 83.5 Å². The monoisotopic (exact) mass is 181 g/mol. The second-order valence-electron chi connectivity index (χ2n) is 3.10. The average Bonchev–Trinajstić information content (AvgIpc) is 2.23. The molecule has 0 unspecified atom stereocenters. The van der Waals surface area contributed by atoms with E-state index in [0.717, 1.165) is 0 Å². The molecule has 1 fully saturated rings. The molecule has 0 atom stereocenters. The second kappa shape index (κ2) is 8.13. The normalized spacial score (nSPS) is 18.2. The fraction of sp³-hybridized carbons (Fsp3) is 0.833. The highest BCUT2D eigenvalue weighted by atomic mass is 15.1. The van der Waals surface area contributed by atoms with Crippen molar-refractivity contribution >= 4 is 0 Å². The Morgan fingerprint density at radius 2 is 1.77 bits per heavy atom. The fourth-order valence-electron chi connectivity index (χ4n) is 1.60. The minimum atomic E-state index is 0.683. The molecule has 1 aliphatic heterocycles. The zero-order valence-electron chi connectivity index (χ0n) is 9.56. The number of rotatable bonds is 1. The maximum Gasteiger partial charge on any atom is 0.0227 e. The van der Waals surface area contributed by atoms with Gasteiger partial charge in [0.05, 0.1) is 0 Å². The van der Waals surface area contributed by atoms with E-state index in [1.807, 2.05) is 20.8 Å². The first-order chi connectivity index (χ1) is 6.36. The van der Waals surface area contributed by atoms with Crippen molar-refractivity contribution in [3.63, 3.8) is 0 Å².